The molecule has 0 amide bonds. The molecule has 84 valence electrons. The Morgan fingerprint density at radius 2 is 2.19 bits per heavy atom. The number of nitrogens with two attached hydrogens (primary N) is 1. The molecule has 0 aromatic heterocycles. The molecule has 3 nitrogen and oxygen atoms in total. The van der Waals surface area contributed by atoms with Gasteiger partial charge in [0.15, 0.2) is 5.75 Å². The number of benzene rings is 1. The molecule has 1 saturated carbocycles. The van der Waals surface area contributed by atoms with Crippen molar-refractivity contribution in [1.82, 2.24) is 0 Å². The lowest BCUT2D eigenvalue weighted by atomic mass is 9.64. The van der Waals surface area contributed by atoms with Gasteiger partial charge in [0, 0.05) is 0 Å². The van der Waals surface area contributed by atoms with E-state index in [1.54, 1.807) is 7.11 Å². The minimum atomic E-state index is 0.0172. The summed E-state index contributed by atoms with van der Waals surface area (Å²) in [6, 6.07) is 4.14. The van der Waals surface area contributed by atoms with E-state index in [2.05, 4.69) is 27.0 Å². The Kier molecular flexibility index (Phi) is 2.05. The third kappa shape index (κ3) is 1.05. The van der Waals surface area contributed by atoms with Gasteiger partial charge in [-0.1, -0.05) is 12.5 Å². The van der Waals surface area contributed by atoms with E-state index in [1.807, 2.05) is 6.07 Å². The van der Waals surface area contributed by atoms with Gasteiger partial charge in [-0.25, -0.2) is 4.99 Å². The van der Waals surface area contributed by atoms with Crippen molar-refractivity contribution in [3.8, 4) is 5.75 Å². The highest BCUT2D eigenvalue weighted by Crippen LogP contribution is 2.55. The van der Waals surface area contributed by atoms with Gasteiger partial charge in [0.2, 0.25) is 0 Å². The molecule has 0 saturated heterocycles. The first kappa shape index (κ1) is 10.1. The van der Waals surface area contributed by atoms with Gasteiger partial charge in [0.05, 0.1) is 17.0 Å². The number of methoxy groups -OCH3 is 1. The molecule has 1 heterocycles. The summed E-state index contributed by atoms with van der Waals surface area (Å²) in [5.74, 6) is 1.55. The van der Waals surface area contributed by atoms with Crippen LogP contribution in [0.1, 0.15) is 24.8 Å². The monoisotopic (exact) mass is 280 g/mol. The van der Waals surface area contributed by atoms with E-state index in [0.717, 1.165) is 34.6 Å². The van der Waals surface area contributed by atoms with Gasteiger partial charge in [0.25, 0.3) is 0 Å². The smallest absolute Gasteiger partial charge is 0.159 e. The van der Waals surface area contributed by atoms with Crippen molar-refractivity contribution in [1.29, 1.82) is 0 Å². The lowest BCUT2D eigenvalue weighted by Crippen LogP contribution is -2.44. The third-order valence-corrected chi connectivity index (χ3v) is 4.36. The van der Waals surface area contributed by atoms with E-state index in [9.17, 15) is 0 Å². The Morgan fingerprint density at radius 1 is 1.44 bits per heavy atom. The van der Waals surface area contributed by atoms with Crippen molar-refractivity contribution < 1.29 is 4.74 Å². The van der Waals surface area contributed by atoms with Gasteiger partial charge < -0.3 is 10.5 Å². The summed E-state index contributed by atoms with van der Waals surface area (Å²) >= 11 is 3.47. The maximum atomic E-state index is 6.08. The average molecular weight is 281 g/mol. The highest BCUT2D eigenvalue weighted by molar-refractivity contribution is 9.10. The second kappa shape index (κ2) is 3.23. The average Bonchev–Trinajstić information content (AvgIpc) is 2.49. The SMILES string of the molecule is COc1c(Br)ccc2c1N=C(N)C21CCC1. The standard InChI is InChI=1S/C12H13BrN2O/c1-16-10-8(13)4-3-7-9(10)15-11(14)12(7)5-2-6-12/h3-4H,2,5-6H2,1H3,(H2,14,15). The molecule has 0 atom stereocenters. The van der Waals surface area contributed by atoms with Gasteiger partial charge in [0.1, 0.15) is 11.5 Å². The number of aliphatic imine (C=N–C) groups is 1. The van der Waals surface area contributed by atoms with Crippen LogP contribution in [0.4, 0.5) is 5.69 Å². The zero-order valence-corrected chi connectivity index (χ0v) is 10.7. The fraction of sp³-hybridized carbons (Fsp3) is 0.417. The largest absolute Gasteiger partial charge is 0.493 e. The van der Waals surface area contributed by atoms with Crippen molar-refractivity contribution in [2.75, 3.05) is 7.11 Å². The second-order valence-corrected chi connectivity index (χ2v) is 5.26. The maximum absolute atomic E-state index is 6.08. The van der Waals surface area contributed by atoms with E-state index in [0.29, 0.717) is 0 Å². The minimum absolute atomic E-state index is 0.0172. The molecule has 1 aromatic carbocycles. The van der Waals surface area contributed by atoms with Crippen LogP contribution in [0.2, 0.25) is 0 Å². The summed E-state index contributed by atoms with van der Waals surface area (Å²) in [5, 5.41) is 0. The molecule has 16 heavy (non-hydrogen) atoms. The minimum Gasteiger partial charge on any atom is -0.493 e. The summed E-state index contributed by atoms with van der Waals surface area (Å²) in [6.45, 7) is 0. The fourth-order valence-corrected chi connectivity index (χ4v) is 3.14. The van der Waals surface area contributed by atoms with Crippen molar-refractivity contribution in [2.45, 2.75) is 24.7 Å². The number of amidine groups is 1. The molecule has 2 aliphatic rings. The molecule has 1 aliphatic heterocycles. The molecule has 0 radical (unpaired) electrons. The zero-order chi connectivity index (χ0) is 11.3. The van der Waals surface area contributed by atoms with Gasteiger partial charge in [-0.15, -0.1) is 0 Å². The van der Waals surface area contributed by atoms with Crippen LogP contribution in [0.15, 0.2) is 21.6 Å². The van der Waals surface area contributed by atoms with Crippen molar-refractivity contribution in [2.24, 2.45) is 10.7 Å². The molecular formula is C12H13BrN2O. The second-order valence-electron chi connectivity index (χ2n) is 4.41. The predicted molar refractivity (Wildman–Crippen MR) is 67.5 cm³/mol. The van der Waals surface area contributed by atoms with Crippen LogP contribution in [-0.2, 0) is 5.41 Å². The Morgan fingerprint density at radius 3 is 2.75 bits per heavy atom. The first-order valence-corrected chi connectivity index (χ1v) is 6.20. The Hall–Kier alpha value is -1.03. The van der Waals surface area contributed by atoms with Crippen LogP contribution < -0.4 is 10.5 Å². The molecular weight excluding hydrogens is 268 g/mol. The van der Waals surface area contributed by atoms with Crippen molar-refractivity contribution in [3.63, 3.8) is 0 Å². The molecule has 1 spiro atoms. The molecule has 4 heteroatoms. The molecule has 0 bridgehead atoms. The third-order valence-electron chi connectivity index (χ3n) is 3.73. The van der Waals surface area contributed by atoms with Gasteiger partial charge in [-0.3, -0.25) is 0 Å². The topological polar surface area (TPSA) is 47.6 Å². The molecule has 0 unspecified atom stereocenters. The van der Waals surface area contributed by atoms with E-state index in [1.165, 1.54) is 12.0 Å². The Bertz CT molecular complexity index is 492. The summed E-state index contributed by atoms with van der Waals surface area (Å²) < 4.78 is 6.32. The summed E-state index contributed by atoms with van der Waals surface area (Å²) in [5.41, 5.74) is 8.24. The van der Waals surface area contributed by atoms with Crippen LogP contribution in [0.5, 0.6) is 5.75 Å². The number of rotatable bonds is 1. The quantitative estimate of drug-likeness (QED) is 0.860. The Balaban J connectivity index is 2.23. The van der Waals surface area contributed by atoms with Crippen molar-refractivity contribution in [3.05, 3.63) is 22.2 Å². The maximum Gasteiger partial charge on any atom is 0.159 e. The molecule has 3 rings (SSSR count). The van der Waals surface area contributed by atoms with E-state index in [4.69, 9.17) is 10.5 Å². The molecule has 1 fully saturated rings. The van der Waals surface area contributed by atoms with Crippen LogP contribution in [0.25, 0.3) is 0 Å². The zero-order valence-electron chi connectivity index (χ0n) is 9.09. The number of hydrogen-bond donors (Lipinski definition) is 1. The number of ether oxygens (including phenoxy) is 1. The highest BCUT2D eigenvalue weighted by atomic mass is 79.9. The lowest BCUT2D eigenvalue weighted by molar-refractivity contribution is 0.343. The highest BCUT2D eigenvalue weighted by Gasteiger charge is 2.48. The number of fused-ring (bicyclic) bond motifs is 2. The first-order valence-electron chi connectivity index (χ1n) is 5.41. The van der Waals surface area contributed by atoms with Crippen LogP contribution in [0.3, 0.4) is 0 Å². The number of halogens is 1. The van der Waals surface area contributed by atoms with Gasteiger partial charge >= 0.3 is 0 Å². The number of nitrogens with zero attached hydrogens (tertiary/aromatic N) is 1. The summed E-state index contributed by atoms with van der Waals surface area (Å²) in [7, 11) is 1.66. The van der Waals surface area contributed by atoms with E-state index >= 15 is 0 Å². The van der Waals surface area contributed by atoms with Gasteiger partial charge in [-0.2, -0.15) is 0 Å². The predicted octanol–water partition coefficient (Wildman–Crippen LogP) is 2.88. The first-order chi connectivity index (χ1) is 7.69. The number of hydrogen-bond acceptors (Lipinski definition) is 3. The van der Waals surface area contributed by atoms with Gasteiger partial charge in [-0.05, 0) is 40.4 Å². The van der Waals surface area contributed by atoms with E-state index in [-0.39, 0.29) is 5.41 Å². The molecule has 1 aliphatic carbocycles. The van der Waals surface area contributed by atoms with Crippen LogP contribution >= 0.6 is 15.9 Å². The summed E-state index contributed by atoms with van der Waals surface area (Å²) in [4.78, 5) is 4.50. The van der Waals surface area contributed by atoms with Crippen molar-refractivity contribution >= 4 is 27.5 Å². The van der Waals surface area contributed by atoms with Crippen LogP contribution in [-0.4, -0.2) is 12.9 Å². The van der Waals surface area contributed by atoms with Crippen LogP contribution in [0, 0.1) is 0 Å². The molecule has 1 aromatic rings. The lowest BCUT2D eigenvalue weighted by Gasteiger charge is -2.38. The summed E-state index contributed by atoms with van der Waals surface area (Å²) in [6.07, 6.45) is 3.45. The van der Waals surface area contributed by atoms with E-state index < -0.39 is 0 Å². The fourth-order valence-electron chi connectivity index (χ4n) is 2.66. The Labute approximate surface area is 103 Å². The molecule has 2 N–H and O–H groups in total. The normalized spacial score (nSPS) is 20.2.